The zero-order valence-corrected chi connectivity index (χ0v) is 9.10. The molecule has 0 aliphatic heterocycles. The summed E-state index contributed by atoms with van der Waals surface area (Å²) in [4.78, 5) is 4.51. The average molecular weight is 216 g/mol. The van der Waals surface area contributed by atoms with Gasteiger partial charge in [0.1, 0.15) is 5.75 Å². The molecule has 1 aromatic carbocycles. The van der Waals surface area contributed by atoms with Crippen molar-refractivity contribution < 1.29 is 9.57 Å². The summed E-state index contributed by atoms with van der Waals surface area (Å²) in [6, 6.07) is 3.85. The SMILES string of the molecule is COc1cc(CCON)cc(Cl)c1C. The van der Waals surface area contributed by atoms with Crippen molar-refractivity contribution in [2.24, 2.45) is 5.90 Å². The molecule has 0 atom stereocenters. The van der Waals surface area contributed by atoms with Crippen molar-refractivity contribution in [2.75, 3.05) is 13.7 Å². The standard InChI is InChI=1S/C10H14ClNO2/c1-7-9(11)5-8(3-4-14-12)6-10(7)13-2/h5-6H,3-4,12H2,1-2H3. The molecule has 0 amide bonds. The van der Waals surface area contributed by atoms with E-state index < -0.39 is 0 Å². The van der Waals surface area contributed by atoms with Crippen LogP contribution in [-0.2, 0) is 11.3 Å². The minimum atomic E-state index is 0.475. The molecule has 4 heteroatoms. The molecule has 0 fully saturated rings. The Morgan fingerprint density at radius 2 is 2.14 bits per heavy atom. The number of hydrogen-bond donors (Lipinski definition) is 1. The molecule has 1 rings (SSSR count). The number of nitrogens with two attached hydrogens (primary N) is 1. The number of halogens is 1. The Bertz CT molecular complexity index is 315. The van der Waals surface area contributed by atoms with E-state index in [1.165, 1.54) is 0 Å². The number of benzene rings is 1. The highest BCUT2D eigenvalue weighted by molar-refractivity contribution is 6.31. The van der Waals surface area contributed by atoms with Crippen molar-refractivity contribution >= 4 is 11.6 Å². The predicted octanol–water partition coefficient (Wildman–Crippen LogP) is 2.09. The van der Waals surface area contributed by atoms with Gasteiger partial charge in [-0.15, -0.1) is 0 Å². The molecule has 0 saturated carbocycles. The fourth-order valence-corrected chi connectivity index (χ4v) is 1.47. The lowest BCUT2D eigenvalue weighted by molar-refractivity contribution is 0.141. The first-order valence-electron chi connectivity index (χ1n) is 4.33. The molecular weight excluding hydrogens is 202 g/mol. The van der Waals surface area contributed by atoms with Gasteiger partial charge in [-0.05, 0) is 31.0 Å². The summed E-state index contributed by atoms with van der Waals surface area (Å²) in [7, 11) is 1.63. The van der Waals surface area contributed by atoms with Gasteiger partial charge in [0.2, 0.25) is 0 Å². The Labute approximate surface area is 88.7 Å². The van der Waals surface area contributed by atoms with Crippen LogP contribution in [0.4, 0.5) is 0 Å². The Kier molecular flexibility index (Phi) is 4.20. The van der Waals surface area contributed by atoms with E-state index in [2.05, 4.69) is 4.84 Å². The van der Waals surface area contributed by atoms with Crippen LogP contribution in [0.5, 0.6) is 5.75 Å². The number of rotatable bonds is 4. The monoisotopic (exact) mass is 215 g/mol. The number of ether oxygens (including phenoxy) is 1. The largest absolute Gasteiger partial charge is 0.496 e. The molecule has 0 aliphatic rings. The summed E-state index contributed by atoms with van der Waals surface area (Å²) in [6.45, 7) is 2.40. The summed E-state index contributed by atoms with van der Waals surface area (Å²) in [5, 5.41) is 0.705. The molecule has 0 bridgehead atoms. The topological polar surface area (TPSA) is 44.5 Å². The van der Waals surface area contributed by atoms with Gasteiger partial charge in [-0.3, -0.25) is 0 Å². The maximum Gasteiger partial charge on any atom is 0.123 e. The highest BCUT2D eigenvalue weighted by Gasteiger charge is 2.05. The predicted molar refractivity (Wildman–Crippen MR) is 56.6 cm³/mol. The zero-order chi connectivity index (χ0) is 10.6. The molecule has 0 radical (unpaired) electrons. The van der Waals surface area contributed by atoms with Crippen LogP contribution in [0.3, 0.4) is 0 Å². The van der Waals surface area contributed by atoms with Crippen LogP contribution in [0.1, 0.15) is 11.1 Å². The third-order valence-corrected chi connectivity index (χ3v) is 2.48. The summed E-state index contributed by atoms with van der Waals surface area (Å²) >= 11 is 6.02. The van der Waals surface area contributed by atoms with Gasteiger partial charge in [0.15, 0.2) is 0 Å². The first-order valence-corrected chi connectivity index (χ1v) is 4.71. The quantitative estimate of drug-likeness (QED) is 0.783. The van der Waals surface area contributed by atoms with Crippen molar-refractivity contribution in [3.8, 4) is 5.75 Å². The fraction of sp³-hybridized carbons (Fsp3) is 0.400. The Morgan fingerprint density at radius 3 is 2.71 bits per heavy atom. The van der Waals surface area contributed by atoms with Crippen molar-refractivity contribution in [2.45, 2.75) is 13.3 Å². The minimum Gasteiger partial charge on any atom is -0.496 e. The van der Waals surface area contributed by atoms with Gasteiger partial charge in [0.25, 0.3) is 0 Å². The maximum absolute atomic E-state index is 6.02. The van der Waals surface area contributed by atoms with Crippen molar-refractivity contribution in [1.82, 2.24) is 0 Å². The van der Waals surface area contributed by atoms with Crippen LogP contribution in [0, 0.1) is 6.92 Å². The summed E-state index contributed by atoms with van der Waals surface area (Å²) in [6.07, 6.45) is 0.729. The van der Waals surface area contributed by atoms with E-state index in [0.717, 1.165) is 23.3 Å². The van der Waals surface area contributed by atoms with Crippen LogP contribution < -0.4 is 10.6 Å². The molecule has 1 aromatic rings. The molecule has 14 heavy (non-hydrogen) atoms. The summed E-state index contributed by atoms with van der Waals surface area (Å²) in [5.74, 6) is 5.75. The summed E-state index contributed by atoms with van der Waals surface area (Å²) in [5.41, 5.74) is 2.01. The first kappa shape index (κ1) is 11.3. The van der Waals surface area contributed by atoms with Crippen LogP contribution in [0.15, 0.2) is 12.1 Å². The lowest BCUT2D eigenvalue weighted by Crippen LogP contribution is -2.04. The van der Waals surface area contributed by atoms with E-state index in [0.29, 0.717) is 11.6 Å². The van der Waals surface area contributed by atoms with Gasteiger partial charge >= 0.3 is 0 Å². The van der Waals surface area contributed by atoms with Gasteiger partial charge in [-0.2, -0.15) is 0 Å². The van der Waals surface area contributed by atoms with Gasteiger partial charge < -0.3 is 9.57 Å². The molecule has 0 aromatic heterocycles. The molecule has 0 aliphatic carbocycles. The Morgan fingerprint density at radius 1 is 1.43 bits per heavy atom. The lowest BCUT2D eigenvalue weighted by atomic mass is 10.1. The third kappa shape index (κ3) is 2.61. The van der Waals surface area contributed by atoms with Gasteiger partial charge in [-0.1, -0.05) is 11.6 Å². The van der Waals surface area contributed by atoms with Crippen molar-refractivity contribution in [1.29, 1.82) is 0 Å². The molecule has 78 valence electrons. The van der Waals surface area contributed by atoms with E-state index >= 15 is 0 Å². The smallest absolute Gasteiger partial charge is 0.123 e. The second kappa shape index (κ2) is 5.20. The second-order valence-electron chi connectivity index (χ2n) is 3.03. The van der Waals surface area contributed by atoms with Crippen LogP contribution in [-0.4, -0.2) is 13.7 Å². The molecule has 0 unspecified atom stereocenters. The van der Waals surface area contributed by atoms with Crippen LogP contribution in [0.2, 0.25) is 5.02 Å². The average Bonchev–Trinajstić information content (AvgIpc) is 2.19. The van der Waals surface area contributed by atoms with E-state index in [1.807, 2.05) is 19.1 Å². The van der Waals surface area contributed by atoms with E-state index in [9.17, 15) is 0 Å². The maximum atomic E-state index is 6.02. The Balaban J connectivity index is 2.91. The number of methoxy groups -OCH3 is 1. The van der Waals surface area contributed by atoms with E-state index in [-0.39, 0.29) is 0 Å². The highest BCUT2D eigenvalue weighted by atomic mass is 35.5. The van der Waals surface area contributed by atoms with Gasteiger partial charge in [0.05, 0.1) is 13.7 Å². The minimum absolute atomic E-state index is 0.475. The molecule has 2 N–H and O–H groups in total. The normalized spacial score (nSPS) is 10.3. The van der Waals surface area contributed by atoms with E-state index in [4.69, 9.17) is 22.2 Å². The highest BCUT2D eigenvalue weighted by Crippen LogP contribution is 2.27. The third-order valence-electron chi connectivity index (χ3n) is 2.08. The fourth-order valence-electron chi connectivity index (χ4n) is 1.24. The Hall–Kier alpha value is -0.770. The second-order valence-corrected chi connectivity index (χ2v) is 3.43. The summed E-state index contributed by atoms with van der Waals surface area (Å²) < 4.78 is 5.19. The van der Waals surface area contributed by atoms with Crippen LogP contribution >= 0.6 is 11.6 Å². The molecule has 0 saturated heterocycles. The molecule has 3 nitrogen and oxygen atoms in total. The van der Waals surface area contributed by atoms with Gasteiger partial charge in [-0.25, -0.2) is 5.90 Å². The number of hydrogen-bond acceptors (Lipinski definition) is 3. The first-order chi connectivity index (χ1) is 6.69. The molecule has 0 heterocycles. The van der Waals surface area contributed by atoms with Crippen molar-refractivity contribution in [3.63, 3.8) is 0 Å². The van der Waals surface area contributed by atoms with Crippen LogP contribution in [0.25, 0.3) is 0 Å². The van der Waals surface area contributed by atoms with E-state index in [1.54, 1.807) is 7.11 Å². The zero-order valence-electron chi connectivity index (χ0n) is 8.34. The van der Waals surface area contributed by atoms with Gasteiger partial charge in [0, 0.05) is 10.6 Å². The van der Waals surface area contributed by atoms with Crippen molar-refractivity contribution in [3.05, 3.63) is 28.3 Å². The molecular formula is C10H14ClNO2. The lowest BCUT2D eigenvalue weighted by Gasteiger charge is -2.09. The molecule has 0 spiro atoms.